The molecule has 0 amide bonds. The average molecular weight is 283 g/mol. The molecule has 0 aliphatic heterocycles. The highest BCUT2D eigenvalue weighted by atomic mass is 35.5. The Morgan fingerprint density at radius 3 is 2.69 bits per heavy atom. The first kappa shape index (κ1) is 13.5. The topological polar surface area (TPSA) is 59.1 Å². The van der Waals surface area contributed by atoms with E-state index in [1.54, 1.807) is 18.2 Å². The Hall–Kier alpha value is -0.520. The summed E-state index contributed by atoms with van der Waals surface area (Å²) in [6.07, 6.45) is 1.20. The van der Waals surface area contributed by atoms with E-state index in [9.17, 15) is 8.42 Å². The summed E-state index contributed by atoms with van der Waals surface area (Å²) in [5.41, 5.74) is 0. The molecule has 1 aromatic rings. The van der Waals surface area contributed by atoms with Gasteiger partial charge < -0.3 is 0 Å². The molecule has 7 heteroatoms. The third kappa shape index (κ3) is 5.01. The van der Waals surface area contributed by atoms with Gasteiger partial charge in [0.2, 0.25) is 10.0 Å². The van der Waals surface area contributed by atoms with Gasteiger partial charge in [-0.15, -0.1) is 11.6 Å². The molecule has 1 N–H and O–H groups in total. The Bertz CT molecular complexity index is 437. The van der Waals surface area contributed by atoms with Gasteiger partial charge in [0.05, 0.1) is 5.75 Å². The van der Waals surface area contributed by atoms with Crippen LogP contribution in [-0.2, 0) is 10.0 Å². The fourth-order valence-electron chi connectivity index (χ4n) is 1.06. The molecule has 0 aliphatic rings. The molecule has 1 rings (SSSR count). The highest BCUT2D eigenvalue weighted by Gasteiger charge is 2.10. The van der Waals surface area contributed by atoms with Crippen LogP contribution < -0.4 is 4.72 Å². The average Bonchev–Trinajstić information content (AvgIpc) is 2.17. The van der Waals surface area contributed by atoms with Crippen molar-refractivity contribution in [3.05, 3.63) is 23.4 Å². The fourth-order valence-corrected chi connectivity index (χ4v) is 2.53. The Balaban J connectivity index is 2.59. The van der Waals surface area contributed by atoms with Gasteiger partial charge in [0.25, 0.3) is 0 Å². The molecule has 1 aromatic heterocycles. The number of pyridine rings is 1. The van der Waals surface area contributed by atoms with E-state index in [4.69, 9.17) is 23.2 Å². The molecule has 0 radical (unpaired) electrons. The molecule has 0 atom stereocenters. The van der Waals surface area contributed by atoms with E-state index in [-0.39, 0.29) is 16.7 Å². The first-order valence-electron chi connectivity index (χ1n) is 4.72. The van der Waals surface area contributed by atoms with Crippen LogP contribution in [0.4, 0.5) is 5.82 Å². The van der Waals surface area contributed by atoms with Crippen LogP contribution in [0.3, 0.4) is 0 Å². The van der Waals surface area contributed by atoms with E-state index in [0.717, 1.165) is 0 Å². The smallest absolute Gasteiger partial charge is 0.233 e. The van der Waals surface area contributed by atoms with Gasteiger partial charge >= 0.3 is 0 Å². The maximum absolute atomic E-state index is 11.5. The lowest BCUT2D eigenvalue weighted by molar-refractivity contribution is 0.598. The van der Waals surface area contributed by atoms with Crippen LogP contribution in [0.1, 0.15) is 12.8 Å². The van der Waals surface area contributed by atoms with Gasteiger partial charge in [-0.05, 0) is 25.0 Å². The molecule has 0 spiro atoms. The van der Waals surface area contributed by atoms with Crippen molar-refractivity contribution in [2.45, 2.75) is 12.8 Å². The van der Waals surface area contributed by atoms with Crippen molar-refractivity contribution in [3.8, 4) is 0 Å². The third-order valence-corrected chi connectivity index (χ3v) is 3.60. The van der Waals surface area contributed by atoms with Crippen molar-refractivity contribution in [1.82, 2.24) is 4.98 Å². The zero-order chi connectivity index (χ0) is 12.0. The summed E-state index contributed by atoms with van der Waals surface area (Å²) in [5, 5.41) is 0.251. The van der Waals surface area contributed by atoms with Crippen molar-refractivity contribution < 1.29 is 8.42 Å². The molecule has 0 unspecified atom stereocenters. The Labute approximate surface area is 105 Å². The third-order valence-electron chi connectivity index (χ3n) is 1.77. The highest BCUT2D eigenvalue weighted by molar-refractivity contribution is 7.92. The quantitative estimate of drug-likeness (QED) is 0.495. The van der Waals surface area contributed by atoms with Crippen molar-refractivity contribution in [2.75, 3.05) is 16.4 Å². The van der Waals surface area contributed by atoms with Crippen LogP contribution >= 0.6 is 23.2 Å². The van der Waals surface area contributed by atoms with E-state index in [0.29, 0.717) is 18.7 Å². The zero-order valence-electron chi connectivity index (χ0n) is 8.49. The first-order chi connectivity index (χ1) is 7.53. The monoisotopic (exact) mass is 282 g/mol. The lowest BCUT2D eigenvalue weighted by Gasteiger charge is -2.06. The van der Waals surface area contributed by atoms with Crippen LogP contribution in [-0.4, -0.2) is 25.0 Å². The molecular weight excluding hydrogens is 271 g/mol. The summed E-state index contributed by atoms with van der Waals surface area (Å²) < 4.78 is 25.4. The number of nitrogens with zero attached hydrogens (tertiary/aromatic N) is 1. The van der Waals surface area contributed by atoms with Crippen LogP contribution in [0.25, 0.3) is 0 Å². The SMILES string of the molecule is O=S(=O)(CCCCCl)Nc1cccc(Cl)n1. The molecule has 0 aromatic carbocycles. The molecule has 0 bridgehead atoms. The molecule has 1 heterocycles. The van der Waals surface area contributed by atoms with Crippen molar-refractivity contribution in [2.24, 2.45) is 0 Å². The molecule has 0 saturated carbocycles. The number of hydrogen-bond acceptors (Lipinski definition) is 3. The predicted molar refractivity (Wildman–Crippen MR) is 66.6 cm³/mol. The number of anilines is 1. The number of hydrogen-bond donors (Lipinski definition) is 1. The number of sulfonamides is 1. The lowest BCUT2D eigenvalue weighted by Crippen LogP contribution is -2.17. The van der Waals surface area contributed by atoms with Gasteiger partial charge in [-0.3, -0.25) is 4.72 Å². The molecule has 16 heavy (non-hydrogen) atoms. The number of unbranched alkanes of at least 4 members (excludes halogenated alkanes) is 1. The minimum Gasteiger partial charge on any atom is -0.267 e. The number of rotatable bonds is 6. The molecule has 90 valence electrons. The van der Waals surface area contributed by atoms with Gasteiger partial charge in [0.1, 0.15) is 11.0 Å². The largest absolute Gasteiger partial charge is 0.267 e. The zero-order valence-corrected chi connectivity index (χ0v) is 10.8. The van der Waals surface area contributed by atoms with Crippen molar-refractivity contribution >= 4 is 39.0 Å². The molecule has 0 saturated heterocycles. The molecular formula is C9H12Cl2N2O2S. The number of alkyl halides is 1. The second-order valence-corrected chi connectivity index (χ2v) is 5.77. The van der Waals surface area contributed by atoms with E-state index >= 15 is 0 Å². The fraction of sp³-hybridized carbons (Fsp3) is 0.444. The van der Waals surface area contributed by atoms with Crippen molar-refractivity contribution in [1.29, 1.82) is 0 Å². The van der Waals surface area contributed by atoms with E-state index in [2.05, 4.69) is 9.71 Å². The Kier molecular flexibility index (Phi) is 5.31. The standard InChI is InChI=1S/C9H12Cl2N2O2S/c10-6-1-2-7-16(14,15)13-9-5-3-4-8(11)12-9/h3-5H,1-2,6-7H2,(H,12,13). The molecule has 0 fully saturated rings. The molecule has 0 aliphatic carbocycles. The van der Waals surface area contributed by atoms with Gasteiger partial charge in [-0.25, -0.2) is 13.4 Å². The second-order valence-electron chi connectivity index (χ2n) is 3.16. The van der Waals surface area contributed by atoms with E-state index in [1.807, 2.05) is 0 Å². The number of aromatic nitrogens is 1. The maximum Gasteiger partial charge on any atom is 0.233 e. The Morgan fingerprint density at radius 1 is 1.31 bits per heavy atom. The van der Waals surface area contributed by atoms with E-state index in [1.165, 1.54) is 0 Å². The summed E-state index contributed by atoms with van der Waals surface area (Å²) in [7, 11) is -3.35. The summed E-state index contributed by atoms with van der Waals surface area (Å²) >= 11 is 11.1. The number of nitrogens with one attached hydrogen (secondary N) is 1. The van der Waals surface area contributed by atoms with Gasteiger partial charge in [0.15, 0.2) is 0 Å². The van der Waals surface area contributed by atoms with Crippen LogP contribution in [0.15, 0.2) is 18.2 Å². The lowest BCUT2D eigenvalue weighted by atomic mass is 10.4. The summed E-state index contributed by atoms with van der Waals surface area (Å²) in [6, 6.07) is 4.75. The second kappa shape index (κ2) is 6.27. The Morgan fingerprint density at radius 2 is 2.06 bits per heavy atom. The van der Waals surface area contributed by atoms with Gasteiger partial charge in [-0.2, -0.15) is 0 Å². The van der Waals surface area contributed by atoms with Gasteiger partial charge in [0, 0.05) is 5.88 Å². The summed E-state index contributed by atoms with van der Waals surface area (Å²) in [6.45, 7) is 0. The predicted octanol–water partition coefficient (Wildman–Crippen LogP) is 2.50. The minimum absolute atomic E-state index is 0.0356. The normalized spacial score (nSPS) is 11.4. The molecule has 4 nitrogen and oxygen atoms in total. The van der Waals surface area contributed by atoms with Crippen molar-refractivity contribution in [3.63, 3.8) is 0 Å². The van der Waals surface area contributed by atoms with E-state index < -0.39 is 10.0 Å². The van der Waals surface area contributed by atoms with Crippen LogP contribution in [0.2, 0.25) is 5.15 Å². The van der Waals surface area contributed by atoms with Crippen LogP contribution in [0, 0.1) is 0 Å². The highest BCUT2D eigenvalue weighted by Crippen LogP contribution is 2.11. The minimum atomic E-state index is -3.35. The van der Waals surface area contributed by atoms with Gasteiger partial charge in [-0.1, -0.05) is 17.7 Å². The first-order valence-corrected chi connectivity index (χ1v) is 7.29. The maximum atomic E-state index is 11.5. The van der Waals surface area contributed by atoms with Crippen LogP contribution in [0.5, 0.6) is 0 Å². The summed E-state index contributed by atoms with van der Waals surface area (Å²) in [4.78, 5) is 3.84. The number of halogens is 2. The summed E-state index contributed by atoms with van der Waals surface area (Å²) in [5.74, 6) is 0.733.